The van der Waals surface area contributed by atoms with Crippen molar-refractivity contribution in [1.29, 1.82) is 0 Å². The highest BCUT2D eigenvalue weighted by Crippen LogP contribution is 2.31. The van der Waals surface area contributed by atoms with Crippen molar-refractivity contribution in [2.75, 3.05) is 29.9 Å². The normalized spacial score (nSPS) is 19.4. The van der Waals surface area contributed by atoms with E-state index in [2.05, 4.69) is 20.4 Å². The minimum absolute atomic E-state index is 0.00759. The summed E-state index contributed by atoms with van der Waals surface area (Å²) in [7, 11) is 0. The number of nitrogens with one attached hydrogen (secondary N) is 1. The standard InChI is InChI=1S/C21H21N5O3S/c27-18-12-26(16-7-2-1-6-15(16)22-18)21(28)14-5-3-9-25(11-14)13-19-23-20(24-29-19)17-8-4-10-30-17/h1-2,4,6-8,10,14H,3,5,9,11-13H2,(H,22,27). The molecular formula is C21H21N5O3S. The molecule has 1 atom stereocenters. The summed E-state index contributed by atoms with van der Waals surface area (Å²) in [4.78, 5) is 34.6. The maximum absolute atomic E-state index is 13.3. The molecule has 1 saturated heterocycles. The lowest BCUT2D eigenvalue weighted by molar-refractivity contribution is -0.126. The first-order valence-corrected chi connectivity index (χ1v) is 10.8. The van der Waals surface area contributed by atoms with Gasteiger partial charge in [-0.05, 0) is 43.0 Å². The lowest BCUT2D eigenvalue weighted by atomic mass is 9.95. The maximum atomic E-state index is 13.3. The molecule has 8 nitrogen and oxygen atoms in total. The molecule has 2 aliphatic heterocycles. The van der Waals surface area contributed by atoms with Crippen molar-refractivity contribution in [2.24, 2.45) is 5.92 Å². The molecule has 0 bridgehead atoms. The molecule has 0 spiro atoms. The van der Waals surface area contributed by atoms with E-state index < -0.39 is 0 Å². The average Bonchev–Trinajstić information content (AvgIpc) is 3.45. The van der Waals surface area contributed by atoms with Gasteiger partial charge in [0.25, 0.3) is 0 Å². The van der Waals surface area contributed by atoms with E-state index in [0.717, 1.165) is 30.0 Å². The van der Waals surface area contributed by atoms with Gasteiger partial charge >= 0.3 is 0 Å². The van der Waals surface area contributed by atoms with Crippen molar-refractivity contribution in [3.63, 3.8) is 0 Å². The van der Waals surface area contributed by atoms with Crippen molar-refractivity contribution in [1.82, 2.24) is 15.0 Å². The van der Waals surface area contributed by atoms with E-state index in [0.29, 0.717) is 30.5 Å². The van der Waals surface area contributed by atoms with E-state index >= 15 is 0 Å². The first-order valence-electron chi connectivity index (χ1n) is 9.96. The Bertz CT molecular complexity index is 1060. The molecule has 30 heavy (non-hydrogen) atoms. The number of amides is 2. The number of hydrogen-bond acceptors (Lipinski definition) is 7. The fourth-order valence-corrected chi connectivity index (χ4v) is 4.72. The van der Waals surface area contributed by atoms with Crippen LogP contribution in [0.4, 0.5) is 11.4 Å². The topological polar surface area (TPSA) is 91.6 Å². The van der Waals surface area contributed by atoms with Gasteiger partial charge in [-0.25, -0.2) is 0 Å². The molecule has 0 saturated carbocycles. The first kappa shape index (κ1) is 19.0. The lowest BCUT2D eigenvalue weighted by Gasteiger charge is -2.36. The van der Waals surface area contributed by atoms with Crippen LogP contribution in [0.2, 0.25) is 0 Å². The van der Waals surface area contributed by atoms with Gasteiger partial charge in [0, 0.05) is 6.54 Å². The minimum atomic E-state index is -0.169. The van der Waals surface area contributed by atoms with Crippen LogP contribution in [0.15, 0.2) is 46.3 Å². The second kappa shape index (κ2) is 8.00. The SMILES string of the molecule is O=C1CN(C(=O)C2CCCN(Cc3nc(-c4cccs4)no3)C2)c2ccccc2N1. The second-order valence-electron chi connectivity index (χ2n) is 7.55. The lowest BCUT2D eigenvalue weighted by Crippen LogP contribution is -2.48. The summed E-state index contributed by atoms with van der Waals surface area (Å²) in [5.41, 5.74) is 1.44. The zero-order valence-electron chi connectivity index (χ0n) is 16.3. The third-order valence-corrected chi connectivity index (χ3v) is 6.33. The van der Waals surface area contributed by atoms with Crippen molar-refractivity contribution < 1.29 is 14.1 Å². The summed E-state index contributed by atoms with van der Waals surface area (Å²) in [6, 6.07) is 11.3. The number of carbonyl (C=O) groups excluding carboxylic acids is 2. The van der Waals surface area contributed by atoms with Crippen LogP contribution in [0.3, 0.4) is 0 Å². The fourth-order valence-electron chi connectivity index (χ4n) is 4.07. The molecule has 2 aromatic heterocycles. The molecule has 1 fully saturated rings. The Kier molecular flexibility index (Phi) is 5.06. The van der Waals surface area contributed by atoms with E-state index in [9.17, 15) is 9.59 Å². The van der Waals surface area contributed by atoms with Crippen molar-refractivity contribution in [2.45, 2.75) is 19.4 Å². The number of aromatic nitrogens is 2. The van der Waals surface area contributed by atoms with Crippen LogP contribution >= 0.6 is 11.3 Å². The molecule has 2 amide bonds. The Hall–Kier alpha value is -3.04. The van der Waals surface area contributed by atoms with E-state index in [1.54, 1.807) is 16.2 Å². The van der Waals surface area contributed by atoms with Crippen LogP contribution < -0.4 is 10.2 Å². The van der Waals surface area contributed by atoms with Crippen LogP contribution in [0.5, 0.6) is 0 Å². The Labute approximate surface area is 177 Å². The molecular weight excluding hydrogens is 402 g/mol. The quantitative estimate of drug-likeness (QED) is 0.694. The zero-order chi connectivity index (χ0) is 20.5. The van der Waals surface area contributed by atoms with Crippen molar-refractivity contribution in [3.05, 3.63) is 47.7 Å². The van der Waals surface area contributed by atoms with Crippen LogP contribution in [0.1, 0.15) is 18.7 Å². The largest absolute Gasteiger partial charge is 0.338 e. The van der Waals surface area contributed by atoms with Gasteiger partial charge < -0.3 is 14.7 Å². The minimum Gasteiger partial charge on any atom is -0.338 e. The van der Waals surface area contributed by atoms with Gasteiger partial charge in [0.2, 0.25) is 23.5 Å². The smallest absolute Gasteiger partial charge is 0.244 e. The number of hydrogen-bond donors (Lipinski definition) is 1. The van der Waals surface area contributed by atoms with Crippen molar-refractivity contribution >= 4 is 34.5 Å². The number of thiophene rings is 1. The highest BCUT2D eigenvalue weighted by Gasteiger charge is 2.34. The van der Waals surface area contributed by atoms with E-state index in [-0.39, 0.29) is 24.3 Å². The van der Waals surface area contributed by atoms with Gasteiger partial charge in [-0.1, -0.05) is 23.4 Å². The number of likely N-dealkylation sites (tertiary alicyclic amines) is 1. The van der Waals surface area contributed by atoms with Gasteiger partial charge in [0.1, 0.15) is 6.54 Å². The van der Waals surface area contributed by atoms with Gasteiger partial charge in [0.05, 0.1) is 28.7 Å². The Balaban J connectivity index is 1.28. The third-order valence-electron chi connectivity index (χ3n) is 5.46. The predicted molar refractivity (Wildman–Crippen MR) is 113 cm³/mol. The van der Waals surface area contributed by atoms with Crippen LogP contribution in [0.25, 0.3) is 10.7 Å². The average molecular weight is 423 g/mol. The number of anilines is 2. The Morgan fingerprint density at radius 3 is 3.03 bits per heavy atom. The summed E-state index contributed by atoms with van der Waals surface area (Å²) in [5, 5.41) is 8.87. The van der Waals surface area contributed by atoms with Crippen LogP contribution in [-0.4, -0.2) is 46.5 Å². The molecule has 1 N–H and O–H groups in total. The van der Waals surface area contributed by atoms with E-state index in [1.807, 2.05) is 41.8 Å². The van der Waals surface area contributed by atoms with E-state index in [4.69, 9.17) is 4.52 Å². The summed E-state index contributed by atoms with van der Waals surface area (Å²) in [5.74, 6) is 0.806. The number of rotatable bonds is 4. The molecule has 5 rings (SSSR count). The number of carbonyl (C=O) groups is 2. The Morgan fingerprint density at radius 2 is 2.17 bits per heavy atom. The molecule has 0 radical (unpaired) electrons. The fraction of sp³-hybridized carbons (Fsp3) is 0.333. The molecule has 0 aliphatic carbocycles. The van der Waals surface area contributed by atoms with E-state index in [1.165, 1.54) is 0 Å². The summed E-state index contributed by atoms with van der Waals surface area (Å²) in [6.07, 6.45) is 1.71. The van der Waals surface area contributed by atoms with Crippen LogP contribution in [0, 0.1) is 5.92 Å². The summed E-state index contributed by atoms with van der Waals surface area (Å²) >= 11 is 1.57. The number of fused-ring (bicyclic) bond motifs is 1. The monoisotopic (exact) mass is 423 g/mol. The predicted octanol–water partition coefficient (Wildman–Crippen LogP) is 3.00. The molecule has 3 aromatic rings. The molecule has 9 heteroatoms. The highest BCUT2D eigenvalue weighted by molar-refractivity contribution is 7.13. The molecule has 154 valence electrons. The number of benzene rings is 1. The highest BCUT2D eigenvalue weighted by atomic mass is 32.1. The van der Waals surface area contributed by atoms with Gasteiger partial charge in [-0.15, -0.1) is 11.3 Å². The van der Waals surface area contributed by atoms with Gasteiger partial charge in [-0.3, -0.25) is 14.5 Å². The summed E-state index contributed by atoms with van der Waals surface area (Å²) < 4.78 is 5.42. The van der Waals surface area contributed by atoms with Crippen LogP contribution in [-0.2, 0) is 16.1 Å². The molecule has 2 aliphatic rings. The van der Waals surface area contributed by atoms with Gasteiger partial charge in [0.15, 0.2) is 0 Å². The van der Waals surface area contributed by atoms with Crippen molar-refractivity contribution in [3.8, 4) is 10.7 Å². The third kappa shape index (κ3) is 3.73. The van der Waals surface area contributed by atoms with Gasteiger partial charge in [-0.2, -0.15) is 4.98 Å². The number of para-hydroxylation sites is 2. The Morgan fingerprint density at radius 1 is 1.27 bits per heavy atom. The second-order valence-corrected chi connectivity index (χ2v) is 8.50. The maximum Gasteiger partial charge on any atom is 0.244 e. The zero-order valence-corrected chi connectivity index (χ0v) is 17.1. The number of piperidine rings is 1. The molecule has 1 unspecified atom stereocenters. The molecule has 1 aromatic carbocycles. The molecule has 4 heterocycles. The summed E-state index contributed by atoms with van der Waals surface area (Å²) in [6.45, 7) is 2.05. The number of nitrogens with zero attached hydrogens (tertiary/aromatic N) is 4. The first-order chi connectivity index (χ1) is 14.7.